The van der Waals surface area contributed by atoms with Crippen LogP contribution in [-0.2, 0) is 6.42 Å². The average Bonchev–Trinajstić information content (AvgIpc) is 2.03. The first-order chi connectivity index (χ1) is 6.11. The van der Waals surface area contributed by atoms with Crippen LogP contribution < -0.4 is 0 Å². The maximum Gasteiger partial charge on any atom is 0.208 e. The predicted octanol–water partition coefficient (Wildman–Crippen LogP) is 2.92. The zero-order valence-electron chi connectivity index (χ0n) is 6.67. The fraction of sp³-hybridized carbons (Fsp3) is 0.250. The Balaban J connectivity index is 2.81. The molecule has 0 N–H and O–H groups in total. The van der Waals surface area contributed by atoms with Crippen molar-refractivity contribution in [3.8, 4) is 0 Å². The lowest BCUT2D eigenvalue weighted by Gasteiger charge is -2.03. The molecule has 1 aromatic rings. The van der Waals surface area contributed by atoms with Gasteiger partial charge in [-0.2, -0.15) is 0 Å². The van der Waals surface area contributed by atoms with Gasteiger partial charge in [-0.1, -0.05) is 33.6 Å². The number of halogens is 2. The first kappa shape index (κ1) is 10.5. The molecule has 0 unspecified atom stereocenters. The lowest BCUT2D eigenvalue weighted by molar-refractivity contribution is -0.479. The number of nitro groups is 1. The molecular weight excluding hydrogens is 257 g/mol. The summed E-state index contributed by atoms with van der Waals surface area (Å²) in [5, 5.41) is 10.7. The highest BCUT2D eigenvalue weighted by Crippen LogP contribution is 2.24. The van der Waals surface area contributed by atoms with Crippen LogP contribution in [0.15, 0.2) is 22.7 Å². The average molecular weight is 265 g/mol. The van der Waals surface area contributed by atoms with Crippen LogP contribution in [0.4, 0.5) is 0 Å². The maximum absolute atomic E-state index is 10.1. The van der Waals surface area contributed by atoms with E-state index < -0.39 is 0 Å². The highest BCUT2D eigenvalue weighted by atomic mass is 79.9. The van der Waals surface area contributed by atoms with Crippen LogP contribution in [0.5, 0.6) is 0 Å². The fourth-order valence-electron chi connectivity index (χ4n) is 0.974. The molecule has 0 bridgehead atoms. The molecule has 1 aromatic carbocycles. The Labute approximate surface area is 89.0 Å². The van der Waals surface area contributed by atoms with Gasteiger partial charge in [-0.25, -0.2) is 0 Å². The summed E-state index contributed by atoms with van der Waals surface area (Å²) in [5.41, 5.74) is 0.792. The van der Waals surface area contributed by atoms with E-state index in [9.17, 15) is 10.1 Å². The van der Waals surface area contributed by atoms with E-state index in [2.05, 4.69) is 15.9 Å². The minimum absolute atomic E-state index is 0.0949. The van der Waals surface area contributed by atoms with Crippen LogP contribution in [0.25, 0.3) is 0 Å². The Hall–Kier alpha value is -0.610. The number of hydrogen-bond donors (Lipinski definition) is 0. The number of nitrogens with zero attached hydrogens (tertiary/aromatic N) is 1. The Morgan fingerprint density at radius 2 is 2.23 bits per heavy atom. The summed E-state index contributed by atoms with van der Waals surface area (Å²) < 4.78 is 0.821. The number of hydrogen-bond acceptors (Lipinski definition) is 2. The van der Waals surface area contributed by atoms with Crippen LogP contribution in [0.1, 0.15) is 5.56 Å². The third-order valence-electron chi connectivity index (χ3n) is 1.61. The molecule has 0 radical (unpaired) electrons. The summed E-state index contributed by atoms with van der Waals surface area (Å²) in [6.07, 6.45) is 0.354. The zero-order chi connectivity index (χ0) is 9.84. The van der Waals surface area contributed by atoms with E-state index in [1.54, 1.807) is 12.1 Å². The van der Waals surface area contributed by atoms with Gasteiger partial charge in [0.2, 0.25) is 6.54 Å². The SMILES string of the molecule is O=[N+]([O-])CCc1c(Cl)cccc1Br. The highest BCUT2D eigenvalue weighted by molar-refractivity contribution is 9.10. The molecule has 13 heavy (non-hydrogen) atoms. The maximum atomic E-state index is 10.1. The van der Waals surface area contributed by atoms with Crippen molar-refractivity contribution in [1.29, 1.82) is 0 Å². The third kappa shape index (κ3) is 2.97. The molecule has 0 amide bonds. The summed E-state index contributed by atoms with van der Waals surface area (Å²) in [6, 6.07) is 5.34. The summed E-state index contributed by atoms with van der Waals surface area (Å²) in [5.74, 6) is 0. The lowest BCUT2D eigenvalue weighted by Crippen LogP contribution is -2.04. The van der Waals surface area contributed by atoms with Gasteiger partial charge >= 0.3 is 0 Å². The Bertz CT molecular complexity index is 310. The van der Waals surface area contributed by atoms with Crippen molar-refractivity contribution in [3.05, 3.63) is 43.4 Å². The standard InChI is InChI=1S/C8H7BrClNO2/c9-7-2-1-3-8(10)6(7)4-5-11(12)13/h1-3H,4-5H2. The largest absolute Gasteiger partial charge is 0.265 e. The molecular formula is C8H7BrClNO2. The first-order valence-electron chi connectivity index (χ1n) is 3.66. The molecule has 70 valence electrons. The lowest BCUT2D eigenvalue weighted by atomic mass is 10.1. The summed E-state index contributed by atoms with van der Waals surface area (Å²) in [4.78, 5) is 9.79. The molecule has 0 aliphatic rings. The van der Waals surface area contributed by atoms with Gasteiger partial charge in [0, 0.05) is 20.8 Å². The third-order valence-corrected chi connectivity index (χ3v) is 2.70. The molecule has 0 heterocycles. The first-order valence-corrected chi connectivity index (χ1v) is 4.83. The minimum Gasteiger partial charge on any atom is -0.265 e. The molecule has 0 aliphatic heterocycles. The van der Waals surface area contributed by atoms with Crippen molar-refractivity contribution < 1.29 is 4.92 Å². The number of rotatable bonds is 3. The molecule has 0 saturated heterocycles. The molecule has 1 rings (SSSR count). The van der Waals surface area contributed by atoms with Crippen molar-refractivity contribution in [2.45, 2.75) is 6.42 Å². The molecule has 0 saturated carbocycles. The van der Waals surface area contributed by atoms with Gasteiger partial charge in [0.1, 0.15) is 0 Å². The van der Waals surface area contributed by atoms with Gasteiger partial charge in [-0.3, -0.25) is 10.1 Å². The molecule has 3 nitrogen and oxygen atoms in total. The van der Waals surface area contributed by atoms with E-state index in [-0.39, 0.29) is 11.5 Å². The normalized spacial score (nSPS) is 10.0. The van der Waals surface area contributed by atoms with Crippen LogP contribution in [-0.4, -0.2) is 11.5 Å². The van der Waals surface area contributed by atoms with E-state index in [0.29, 0.717) is 11.4 Å². The van der Waals surface area contributed by atoms with Crippen molar-refractivity contribution in [1.82, 2.24) is 0 Å². The van der Waals surface area contributed by atoms with Crippen molar-refractivity contribution >= 4 is 27.5 Å². The highest BCUT2D eigenvalue weighted by Gasteiger charge is 2.07. The minimum atomic E-state index is -0.351. The summed E-state index contributed by atoms with van der Waals surface area (Å²) in [7, 11) is 0. The van der Waals surface area contributed by atoms with Gasteiger partial charge in [-0.15, -0.1) is 0 Å². The number of benzene rings is 1. The van der Waals surface area contributed by atoms with Gasteiger partial charge in [0.15, 0.2) is 0 Å². The second-order valence-corrected chi connectivity index (χ2v) is 3.77. The van der Waals surface area contributed by atoms with Crippen LogP contribution in [0, 0.1) is 10.1 Å². The van der Waals surface area contributed by atoms with Gasteiger partial charge in [0.05, 0.1) is 0 Å². The molecule has 0 fully saturated rings. The zero-order valence-corrected chi connectivity index (χ0v) is 9.01. The molecule has 0 aromatic heterocycles. The molecule has 0 aliphatic carbocycles. The van der Waals surface area contributed by atoms with E-state index in [1.165, 1.54) is 0 Å². The van der Waals surface area contributed by atoms with E-state index in [4.69, 9.17) is 11.6 Å². The second kappa shape index (κ2) is 4.58. The Morgan fingerprint density at radius 1 is 1.54 bits per heavy atom. The van der Waals surface area contributed by atoms with Gasteiger partial charge in [-0.05, 0) is 17.7 Å². The molecule has 5 heteroatoms. The second-order valence-electron chi connectivity index (χ2n) is 2.51. The topological polar surface area (TPSA) is 43.1 Å². The van der Waals surface area contributed by atoms with Crippen LogP contribution in [0.2, 0.25) is 5.02 Å². The molecule has 0 spiro atoms. The molecule has 0 atom stereocenters. The monoisotopic (exact) mass is 263 g/mol. The summed E-state index contributed by atoms with van der Waals surface area (Å²) >= 11 is 9.15. The van der Waals surface area contributed by atoms with E-state index in [0.717, 1.165) is 10.0 Å². The van der Waals surface area contributed by atoms with Crippen molar-refractivity contribution in [2.75, 3.05) is 6.54 Å². The van der Waals surface area contributed by atoms with Crippen LogP contribution >= 0.6 is 27.5 Å². The summed E-state index contributed by atoms with van der Waals surface area (Å²) in [6.45, 7) is -0.0949. The Morgan fingerprint density at radius 3 is 2.77 bits per heavy atom. The smallest absolute Gasteiger partial charge is 0.208 e. The van der Waals surface area contributed by atoms with Gasteiger partial charge in [0.25, 0.3) is 0 Å². The van der Waals surface area contributed by atoms with E-state index in [1.807, 2.05) is 6.07 Å². The van der Waals surface area contributed by atoms with Crippen molar-refractivity contribution in [2.24, 2.45) is 0 Å². The van der Waals surface area contributed by atoms with Crippen LogP contribution in [0.3, 0.4) is 0 Å². The fourth-order valence-corrected chi connectivity index (χ4v) is 1.92. The van der Waals surface area contributed by atoms with Gasteiger partial charge < -0.3 is 0 Å². The van der Waals surface area contributed by atoms with Crippen molar-refractivity contribution in [3.63, 3.8) is 0 Å². The predicted molar refractivity (Wildman–Crippen MR) is 54.7 cm³/mol. The quantitative estimate of drug-likeness (QED) is 0.622. The van der Waals surface area contributed by atoms with E-state index >= 15 is 0 Å². The Kier molecular flexibility index (Phi) is 3.69.